The minimum absolute atomic E-state index is 0.0122. The minimum Gasteiger partial charge on any atom is -0.497 e. The predicted octanol–water partition coefficient (Wildman–Crippen LogP) is 4.30. The smallest absolute Gasteiger partial charge is 0.257 e. The van der Waals surface area contributed by atoms with Gasteiger partial charge in [0.15, 0.2) is 5.58 Å². The molecule has 3 aromatic rings. The van der Waals surface area contributed by atoms with Gasteiger partial charge in [0, 0.05) is 12.1 Å². The van der Waals surface area contributed by atoms with Gasteiger partial charge in [0.25, 0.3) is 5.22 Å². The fraction of sp³-hybridized carbons (Fsp3) is 0.333. The first-order valence-electron chi connectivity index (χ1n) is 9.19. The molecule has 2 heterocycles. The quantitative estimate of drug-likeness (QED) is 0.577. The molecule has 0 spiro atoms. The average Bonchev–Trinajstić information content (AvgIpc) is 3.38. The maximum atomic E-state index is 12.9. The zero-order chi connectivity index (χ0) is 19.5. The summed E-state index contributed by atoms with van der Waals surface area (Å²) >= 11 is 1.33. The minimum atomic E-state index is -0.0122. The standard InChI is InChI=1S/C21H22N2O4S/c1-25-14-9-10-18(26-2)15(12-14)17-7-5-11-23(17)20(24)13-28-21-22-16-6-3-4-8-19(16)27-21/h3-4,6,8-10,12,17H,5,7,11,13H2,1-2H3/t17-/m1/s1. The number of aromatic nitrogens is 1. The summed E-state index contributed by atoms with van der Waals surface area (Å²) in [6.45, 7) is 0.734. The molecular formula is C21H22N2O4S. The Morgan fingerprint density at radius 3 is 2.89 bits per heavy atom. The van der Waals surface area contributed by atoms with Crippen LogP contribution in [0.2, 0.25) is 0 Å². The van der Waals surface area contributed by atoms with Crippen molar-refractivity contribution < 1.29 is 18.7 Å². The van der Waals surface area contributed by atoms with Crippen molar-refractivity contribution in [3.8, 4) is 11.5 Å². The van der Waals surface area contributed by atoms with Crippen LogP contribution in [0.15, 0.2) is 52.1 Å². The van der Waals surface area contributed by atoms with E-state index in [2.05, 4.69) is 4.98 Å². The van der Waals surface area contributed by atoms with Crippen LogP contribution in [0.25, 0.3) is 11.1 Å². The molecule has 6 nitrogen and oxygen atoms in total. The van der Waals surface area contributed by atoms with Crippen molar-refractivity contribution in [2.24, 2.45) is 0 Å². The number of carbonyl (C=O) groups is 1. The van der Waals surface area contributed by atoms with Gasteiger partial charge in [-0.05, 0) is 43.2 Å². The second kappa shape index (κ2) is 8.14. The topological polar surface area (TPSA) is 64.8 Å². The SMILES string of the molecule is COc1ccc(OC)c([C@H]2CCCN2C(=O)CSc2nc3ccccc3o2)c1. The van der Waals surface area contributed by atoms with Crippen molar-refractivity contribution in [1.29, 1.82) is 0 Å². The molecule has 1 amide bonds. The number of benzene rings is 2. The first-order chi connectivity index (χ1) is 13.7. The Morgan fingerprint density at radius 1 is 1.25 bits per heavy atom. The van der Waals surface area contributed by atoms with Crippen molar-refractivity contribution in [3.63, 3.8) is 0 Å². The molecule has 146 valence electrons. The maximum Gasteiger partial charge on any atom is 0.257 e. The second-order valence-corrected chi connectivity index (χ2v) is 7.52. The molecule has 1 fully saturated rings. The molecule has 0 unspecified atom stereocenters. The molecule has 0 aliphatic carbocycles. The van der Waals surface area contributed by atoms with Gasteiger partial charge >= 0.3 is 0 Å². The Bertz CT molecular complexity index is 954. The van der Waals surface area contributed by atoms with Crippen LogP contribution in [-0.2, 0) is 4.79 Å². The van der Waals surface area contributed by atoms with E-state index in [0.717, 1.165) is 47.5 Å². The molecule has 1 saturated heterocycles. The Balaban J connectivity index is 1.49. The number of hydrogen-bond acceptors (Lipinski definition) is 6. The third kappa shape index (κ3) is 3.67. The first-order valence-corrected chi connectivity index (χ1v) is 10.2. The van der Waals surface area contributed by atoms with Gasteiger partial charge in [-0.2, -0.15) is 0 Å². The van der Waals surface area contributed by atoms with E-state index in [1.807, 2.05) is 47.4 Å². The summed E-state index contributed by atoms with van der Waals surface area (Å²) in [4.78, 5) is 19.3. The molecule has 0 radical (unpaired) electrons. The number of thioether (sulfide) groups is 1. The number of carbonyl (C=O) groups excluding carboxylic acids is 1. The molecule has 0 N–H and O–H groups in total. The van der Waals surface area contributed by atoms with E-state index in [0.29, 0.717) is 5.22 Å². The summed E-state index contributed by atoms with van der Waals surface area (Å²) in [5, 5.41) is 0.518. The maximum absolute atomic E-state index is 12.9. The normalized spacial score (nSPS) is 16.5. The van der Waals surface area contributed by atoms with Gasteiger partial charge in [-0.3, -0.25) is 4.79 Å². The highest BCUT2D eigenvalue weighted by Crippen LogP contribution is 2.39. The van der Waals surface area contributed by atoms with Crippen LogP contribution in [0.5, 0.6) is 11.5 Å². The van der Waals surface area contributed by atoms with Crippen molar-refractivity contribution in [2.45, 2.75) is 24.1 Å². The van der Waals surface area contributed by atoms with Crippen LogP contribution in [0.1, 0.15) is 24.4 Å². The number of hydrogen-bond donors (Lipinski definition) is 0. The van der Waals surface area contributed by atoms with Crippen LogP contribution in [-0.4, -0.2) is 42.3 Å². The lowest BCUT2D eigenvalue weighted by molar-refractivity contribution is -0.129. The summed E-state index contributed by atoms with van der Waals surface area (Å²) in [5.41, 5.74) is 2.52. The van der Waals surface area contributed by atoms with E-state index in [1.54, 1.807) is 14.2 Å². The predicted molar refractivity (Wildman–Crippen MR) is 108 cm³/mol. The first kappa shape index (κ1) is 18.7. The summed E-state index contributed by atoms with van der Waals surface area (Å²) in [5.74, 6) is 1.89. The summed E-state index contributed by atoms with van der Waals surface area (Å²) in [7, 11) is 3.29. The molecule has 28 heavy (non-hydrogen) atoms. The van der Waals surface area contributed by atoms with Gasteiger partial charge in [-0.15, -0.1) is 0 Å². The number of fused-ring (bicyclic) bond motifs is 1. The summed E-state index contributed by atoms with van der Waals surface area (Å²) in [6.07, 6.45) is 1.87. The van der Waals surface area contributed by atoms with Gasteiger partial charge in [0.2, 0.25) is 5.91 Å². The van der Waals surface area contributed by atoms with Crippen LogP contribution in [0, 0.1) is 0 Å². The molecule has 1 aliphatic rings. The molecule has 1 aromatic heterocycles. The van der Waals surface area contributed by atoms with Crippen molar-refractivity contribution in [3.05, 3.63) is 48.0 Å². The van der Waals surface area contributed by atoms with E-state index in [1.165, 1.54) is 11.8 Å². The molecule has 2 aromatic carbocycles. The Labute approximate surface area is 167 Å². The number of likely N-dealkylation sites (tertiary alicyclic amines) is 1. The Morgan fingerprint density at radius 2 is 2.11 bits per heavy atom. The van der Waals surface area contributed by atoms with Crippen molar-refractivity contribution >= 4 is 28.8 Å². The molecule has 1 atom stereocenters. The van der Waals surface area contributed by atoms with E-state index in [-0.39, 0.29) is 17.7 Å². The molecule has 0 bridgehead atoms. The van der Waals surface area contributed by atoms with E-state index < -0.39 is 0 Å². The number of nitrogens with zero attached hydrogens (tertiary/aromatic N) is 2. The lowest BCUT2D eigenvalue weighted by atomic mass is 10.0. The molecule has 4 rings (SSSR count). The third-order valence-electron chi connectivity index (χ3n) is 4.96. The highest BCUT2D eigenvalue weighted by molar-refractivity contribution is 7.99. The average molecular weight is 398 g/mol. The van der Waals surface area contributed by atoms with Gasteiger partial charge in [-0.1, -0.05) is 23.9 Å². The lowest BCUT2D eigenvalue weighted by Crippen LogP contribution is -2.32. The van der Waals surface area contributed by atoms with Crippen molar-refractivity contribution in [2.75, 3.05) is 26.5 Å². The van der Waals surface area contributed by atoms with Gasteiger partial charge in [-0.25, -0.2) is 4.98 Å². The number of methoxy groups -OCH3 is 2. The van der Waals surface area contributed by atoms with Crippen molar-refractivity contribution in [1.82, 2.24) is 9.88 Å². The molecule has 7 heteroatoms. The summed E-state index contributed by atoms with van der Waals surface area (Å²) < 4.78 is 16.6. The molecular weight excluding hydrogens is 376 g/mol. The Hall–Kier alpha value is -2.67. The van der Waals surface area contributed by atoms with Crippen LogP contribution < -0.4 is 9.47 Å². The fourth-order valence-electron chi connectivity index (χ4n) is 3.61. The van der Waals surface area contributed by atoms with Crippen LogP contribution >= 0.6 is 11.8 Å². The van der Waals surface area contributed by atoms with Gasteiger partial charge in [0.05, 0.1) is 26.0 Å². The van der Waals surface area contributed by atoms with E-state index in [9.17, 15) is 4.79 Å². The van der Waals surface area contributed by atoms with Crippen LogP contribution in [0.3, 0.4) is 0 Å². The zero-order valence-corrected chi connectivity index (χ0v) is 16.7. The zero-order valence-electron chi connectivity index (χ0n) is 15.9. The highest BCUT2D eigenvalue weighted by Gasteiger charge is 2.32. The number of oxazole rings is 1. The summed E-state index contributed by atoms with van der Waals surface area (Å²) in [6, 6.07) is 13.3. The fourth-order valence-corrected chi connectivity index (χ4v) is 4.33. The van der Waals surface area contributed by atoms with E-state index >= 15 is 0 Å². The number of para-hydroxylation sites is 2. The lowest BCUT2D eigenvalue weighted by Gasteiger charge is -2.26. The third-order valence-corrected chi connectivity index (χ3v) is 5.78. The Kier molecular flexibility index (Phi) is 5.43. The number of ether oxygens (including phenoxy) is 2. The highest BCUT2D eigenvalue weighted by atomic mass is 32.2. The van der Waals surface area contributed by atoms with Gasteiger partial charge in [0.1, 0.15) is 17.0 Å². The number of rotatable bonds is 6. The van der Waals surface area contributed by atoms with E-state index in [4.69, 9.17) is 13.9 Å². The monoisotopic (exact) mass is 398 g/mol. The van der Waals surface area contributed by atoms with Crippen LogP contribution in [0.4, 0.5) is 0 Å². The van der Waals surface area contributed by atoms with Gasteiger partial charge < -0.3 is 18.8 Å². The molecule has 1 aliphatic heterocycles. The largest absolute Gasteiger partial charge is 0.497 e. The second-order valence-electron chi connectivity index (χ2n) is 6.59. The molecule has 0 saturated carbocycles. The number of amides is 1.